The number of benzene rings is 1. The molecule has 1 aliphatic rings. The molecule has 10 nitrogen and oxygen atoms in total. The van der Waals surface area contributed by atoms with Crippen molar-refractivity contribution in [3.05, 3.63) is 40.1 Å². The van der Waals surface area contributed by atoms with Gasteiger partial charge >= 0.3 is 12.0 Å². The first kappa shape index (κ1) is 16.9. The summed E-state index contributed by atoms with van der Waals surface area (Å²) in [4.78, 5) is 46.6. The third-order valence-corrected chi connectivity index (χ3v) is 3.04. The van der Waals surface area contributed by atoms with Gasteiger partial charge in [-0.25, -0.2) is 14.5 Å². The zero-order chi connectivity index (χ0) is 17.9. The van der Waals surface area contributed by atoms with Crippen LogP contribution in [0, 0.1) is 10.1 Å². The Morgan fingerprint density at radius 3 is 2.71 bits per heavy atom. The summed E-state index contributed by atoms with van der Waals surface area (Å²) in [5.74, 6) is -1.62. The molecule has 1 saturated heterocycles. The number of nitrogens with one attached hydrogen (secondary N) is 1. The fourth-order valence-electron chi connectivity index (χ4n) is 2.02. The van der Waals surface area contributed by atoms with Crippen LogP contribution in [0.15, 0.2) is 30.0 Å². The van der Waals surface area contributed by atoms with Gasteiger partial charge in [0.25, 0.3) is 11.6 Å². The number of methoxy groups -OCH3 is 1. The Bertz CT molecular complexity index is 757. The average Bonchev–Trinajstić information content (AvgIpc) is 2.80. The van der Waals surface area contributed by atoms with E-state index in [0.717, 1.165) is 18.2 Å². The summed E-state index contributed by atoms with van der Waals surface area (Å²) in [6.07, 6.45) is 0.863. The molecule has 10 heteroatoms. The number of urea groups is 1. The van der Waals surface area contributed by atoms with Crippen molar-refractivity contribution in [2.75, 3.05) is 18.6 Å². The highest BCUT2D eigenvalue weighted by atomic mass is 16.6. The molecule has 0 atom stereocenters. The summed E-state index contributed by atoms with van der Waals surface area (Å²) in [6.45, 7) is 1.71. The number of amides is 3. The summed E-state index contributed by atoms with van der Waals surface area (Å²) >= 11 is 0. The molecular formula is C14H13N3O7. The zero-order valence-corrected chi connectivity index (χ0v) is 12.8. The third kappa shape index (κ3) is 3.16. The maximum absolute atomic E-state index is 12.3. The van der Waals surface area contributed by atoms with Crippen molar-refractivity contribution in [2.24, 2.45) is 0 Å². The quantitative estimate of drug-likeness (QED) is 0.280. The minimum absolute atomic E-state index is 0.0119. The highest BCUT2D eigenvalue weighted by molar-refractivity contribution is 6.28. The standard InChI is InChI=1S/C14H13N3O7/c1-3-24-12(18)7-9-13(19)16(14(20)15-9)10-5-4-8(17(21)22)6-11(10)23-2/h4-7H,3H2,1-2H3,(H,15,20)/b9-7+. The molecule has 126 valence electrons. The third-order valence-electron chi connectivity index (χ3n) is 3.04. The maximum atomic E-state index is 12.3. The van der Waals surface area contributed by atoms with Crippen molar-refractivity contribution < 1.29 is 28.8 Å². The summed E-state index contributed by atoms with van der Waals surface area (Å²) < 4.78 is 9.69. The molecule has 1 aliphatic heterocycles. The lowest BCUT2D eigenvalue weighted by Gasteiger charge is -2.15. The number of non-ortho nitro benzene ring substituents is 1. The van der Waals surface area contributed by atoms with Crippen LogP contribution in [0.1, 0.15) is 6.92 Å². The lowest BCUT2D eigenvalue weighted by atomic mass is 10.2. The lowest BCUT2D eigenvalue weighted by molar-refractivity contribution is -0.384. The normalized spacial score (nSPS) is 15.4. The van der Waals surface area contributed by atoms with Crippen molar-refractivity contribution in [1.82, 2.24) is 5.32 Å². The fraction of sp³-hybridized carbons (Fsp3) is 0.214. The summed E-state index contributed by atoms with van der Waals surface area (Å²) in [7, 11) is 1.25. The van der Waals surface area contributed by atoms with E-state index in [2.05, 4.69) is 10.1 Å². The van der Waals surface area contributed by atoms with Crippen molar-refractivity contribution in [1.29, 1.82) is 0 Å². The minimum Gasteiger partial charge on any atom is -0.494 e. The molecule has 1 fully saturated rings. The van der Waals surface area contributed by atoms with Gasteiger partial charge in [0.15, 0.2) is 0 Å². The highest BCUT2D eigenvalue weighted by Crippen LogP contribution is 2.34. The van der Waals surface area contributed by atoms with Crippen LogP contribution in [0.4, 0.5) is 16.2 Å². The molecule has 1 aromatic rings. The predicted octanol–water partition coefficient (Wildman–Crippen LogP) is 1.11. The van der Waals surface area contributed by atoms with E-state index in [0.29, 0.717) is 4.90 Å². The van der Waals surface area contributed by atoms with Gasteiger partial charge in [-0.1, -0.05) is 0 Å². The number of esters is 1. The molecule has 0 radical (unpaired) electrons. The van der Waals surface area contributed by atoms with Gasteiger partial charge in [-0.15, -0.1) is 0 Å². The van der Waals surface area contributed by atoms with Gasteiger partial charge in [0.05, 0.1) is 36.5 Å². The van der Waals surface area contributed by atoms with E-state index >= 15 is 0 Å². The SMILES string of the molecule is CCOC(=O)/C=C1/NC(=O)N(c2ccc([N+](=O)[O-])cc2OC)C1=O. The van der Waals surface area contributed by atoms with Crippen molar-refractivity contribution >= 4 is 29.3 Å². The second-order valence-corrected chi connectivity index (χ2v) is 4.49. The molecule has 0 aromatic heterocycles. The molecular weight excluding hydrogens is 322 g/mol. The first-order valence-electron chi connectivity index (χ1n) is 6.75. The average molecular weight is 335 g/mol. The summed E-state index contributed by atoms with van der Waals surface area (Å²) in [5, 5.41) is 13.0. The van der Waals surface area contributed by atoms with Crippen LogP contribution >= 0.6 is 0 Å². The van der Waals surface area contributed by atoms with Crippen molar-refractivity contribution in [3.8, 4) is 5.75 Å². The molecule has 2 rings (SSSR count). The highest BCUT2D eigenvalue weighted by Gasteiger charge is 2.37. The Kier molecular flexibility index (Phi) is 4.78. The number of nitro benzene ring substituents is 1. The number of anilines is 1. The van der Waals surface area contributed by atoms with Gasteiger partial charge in [0.2, 0.25) is 0 Å². The monoisotopic (exact) mass is 335 g/mol. The summed E-state index contributed by atoms with van der Waals surface area (Å²) in [5.41, 5.74) is -0.512. The van der Waals surface area contributed by atoms with Crippen LogP contribution in [0.25, 0.3) is 0 Å². The van der Waals surface area contributed by atoms with E-state index in [-0.39, 0.29) is 29.4 Å². The number of imide groups is 1. The van der Waals surface area contributed by atoms with E-state index in [4.69, 9.17) is 4.74 Å². The van der Waals surface area contributed by atoms with E-state index in [1.165, 1.54) is 13.2 Å². The summed E-state index contributed by atoms with van der Waals surface area (Å²) in [6, 6.07) is 2.61. The number of rotatable bonds is 5. The molecule has 1 aromatic carbocycles. The second-order valence-electron chi connectivity index (χ2n) is 4.49. The van der Waals surface area contributed by atoms with Gasteiger partial charge in [0.1, 0.15) is 11.4 Å². The molecule has 0 saturated carbocycles. The van der Waals surface area contributed by atoms with Crippen LogP contribution < -0.4 is 15.0 Å². The topological polar surface area (TPSA) is 128 Å². The lowest BCUT2D eigenvalue weighted by Crippen LogP contribution is -2.31. The number of ether oxygens (including phenoxy) is 2. The van der Waals surface area contributed by atoms with Gasteiger partial charge in [-0.2, -0.15) is 0 Å². The minimum atomic E-state index is -0.817. The van der Waals surface area contributed by atoms with Crippen molar-refractivity contribution in [3.63, 3.8) is 0 Å². The molecule has 1 N–H and O–H groups in total. The van der Waals surface area contributed by atoms with E-state index in [1.54, 1.807) is 6.92 Å². The van der Waals surface area contributed by atoms with Gasteiger partial charge in [-0.05, 0) is 13.0 Å². The van der Waals surface area contributed by atoms with E-state index in [1.807, 2.05) is 0 Å². The number of nitro groups is 1. The van der Waals surface area contributed by atoms with Gasteiger partial charge in [0, 0.05) is 6.07 Å². The smallest absolute Gasteiger partial charge is 0.333 e. The molecule has 1 heterocycles. The molecule has 0 aliphatic carbocycles. The molecule has 0 bridgehead atoms. The van der Waals surface area contributed by atoms with Crippen molar-refractivity contribution in [2.45, 2.75) is 6.92 Å². The van der Waals surface area contributed by atoms with Crippen LogP contribution in [0.5, 0.6) is 5.75 Å². The first-order chi connectivity index (χ1) is 11.4. The van der Waals surface area contributed by atoms with E-state index in [9.17, 15) is 24.5 Å². The maximum Gasteiger partial charge on any atom is 0.333 e. The van der Waals surface area contributed by atoms with Gasteiger partial charge in [-0.3, -0.25) is 14.9 Å². The first-order valence-corrected chi connectivity index (χ1v) is 6.75. The number of carbonyl (C=O) groups is 3. The van der Waals surface area contributed by atoms with Crippen LogP contribution in [-0.2, 0) is 14.3 Å². The van der Waals surface area contributed by atoms with Gasteiger partial charge < -0.3 is 14.8 Å². The Labute approximate surface area is 135 Å². The number of hydrogen-bond acceptors (Lipinski definition) is 7. The zero-order valence-electron chi connectivity index (χ0n) is 12.8. The molecule has 24 heavy (non-hydrogen) atoms. The fourth-order valence-corrected chi connectivity index (χ4v) is 2.02. The van der Waals surface area contributed by atoms with Crippen LogP contribution in [-0.4, -0.2) is 36.5 Å². The second kappa shape index (κ2) is 6.77. The predicted molar refractivity (Wildman–Crippen MR) is 80.4 cm³/mol. The van der Waals surface area contributed by atoms with Crippen LogP contribution in [0.2, 0.25) is 0 Å². The Morgan fingerprint density at radius 2 is 2.12 bits per heavy atom. The largest absolute Gasteiger partial charge is 0.494 e. The number of carbonyl (C=O) groups excluding carboxylic acids is 3. The Morgan fingerprint density at radius 1 is 1.42 bits per heavy atom. The molecule has 0 spiro atoms. The molecule has 3 amide bonds. The van der Waals surface area contributed by atoms with Crippen LogP contribution in [0.3, 0.4) is 0 Å². The number of nitrogens with zero attached hydrogens (tertiary/aromatic N) is 2. The Hall–Kier alpha value is -3.43. The number of hydrogen-bond donors (Lipinski definition) is 1. The molecule has 0 unspecified atom stereocenters. The Balaban J connectivity index is 2.39. The van der Waals surface area contributed by atoms with E-state index < -0.39 is 22.8 Å².